The van der Waals surface area contributed by atoms with Crippen molar-refractivity contribution in [3.8, 4) is 5.75 Å². The number of anilines is 1. The van der Waals surface area contributed by atoms with Crippen molar-refractivity contribution < 1.29 is 19.1 Å². The Morgan fingerprint density at radius 2 is 1.59 bits per heavy atom. The molecular weight excluding hydrogens is 342 g/mol. The number of nitrogens with zero attached hydrogens (tertiary/aromatic N) is 1. The molecule has 4 fully saturated rings. The normalized spacial score (nSPS) is 30.8. The average molecular weight is 371 g/mol. The Morgan fingerprint density at radius 3 is 2.07 bits per heavy atom. The van der Waals surface area contributed by atoms with Crippen LogP contribution in [0.3, 0.4) is 0 Å². The number of methoxy groups -OCH3 is 1. The predicted octanol–water partition coefficient (Wildman–Crippen LogP) is 3.81. The number of hydrogen-bond acceptors (Lipinski definition) is 4. The summed E-state index contributed by atoms with van der Waals surface area (Å²) in [6.45, 7) is 2.08. The second kappa shape index (κ2) is 7.17. The van der Waals surface area contributed by atoms with Crippen LogP contribution in [0.2, 0.25) is 0 Å². The number of hydrogen-bond donors (Lipinski definition) is 0. The second-order valence-corrected chi connectivity index (χ2v) is 8.59. The van der Waals surface area contributed by atoms with Gasteiger partial charge in [-0.1, -0.05) is 0 Å². The van der Waals surface area contributed by atoms with Crippen molar-refractivity contribution in [1.29, 1.82) is 0 Å². The summed E-state index contributed by atoms with van der Waals surface area (Å²) in [5.74, 6) is 2.53. The van der Waals surface area contributed by atoms with Gasteiger partial charge in [0.2, 0.25) is 5.91 Å². The standard InChI is InChI=1S/C22H29NO4/c1-3-27-20(24)14-23(18-4-6-19(26-2)7-5-18)21(25)22-11-15-8-16(12-22)10-17(9-15)13-22/h4-7,15-17H,3,8-14H2,1-2H3. The van der Waals surface area contributed by atoms with E-state index in [1.54, 1.807) is 18.9 Å². The number of ether oxygens (including phenoxy) is 2. The summed E-state index contributed by atoms with van der Waals surface area (Å²) in [7, 11) is 1.62. The molecule has 4 bridgehead atoms. The van der Waals surface area contributed by atoms with E-state index in [2.05, 4.69) is 0 Å². The Hall–Kier alpha value is -2.04. The Kier molecular flexibility index (Phi) is 4.87. The van der Waals surface area contributed by atoms with Gasteiger partial charge in [-0.2, -0.15) is 0 Å². The SMILES string of the molecule is CCOC(=O)CN(C(=O)C12CC3CC(CC(C3)C1)C2)c1ccc(OC)cc1. The lowest BCUT2D eigenvalue weighted by Crippen LogP contribution is -2.55. The molecule has 0 atom stereocenters. The highest BCUT2D eigenvalue weighted by atomic mass is 16.5. The van der Waals surface area contributed by atoms with E-state index < -0.39 is 0 Å². The van der Waals surface area contributed by atoms with E-state index in [-0.39, 0.29) is 23.8 Å². The maximum Gasteiger partial charge on any atom is 0.326 e. The fraction of sp³-hybridized carbons (Fsp3) is 0.636. The summed E-state index contributed by atoms with van der Waals surface area (Å²) in [5, 5.41) is 0. The molecule has 5 nitrogen and oxygen atoms in total. The van der Waals surface area contributed by atoms with Crippen molar-refractivity contribution in [2.45, 2.75) is 45.4 Å². The monoisotopic (exact) mass is 371 g/mol. The first kappa shape index (κ1) is 18.3. The average Bonchev–Trinajstić information content (AvgIpc) is 2.65. The summed E-state index contributed by atoms with van der Waals surface area (Å²) in [6, 6.07) is 7.38. The van der Waals surface area contributed by atoms with Gasteiger partial charge in [0.25, 0.3) is 0 Å². The molecule has 0 aliphatic heterocycles. The van der Waals surface area contributed by atoms with Crippen LogP contribution < -0.4 is 9.64 Å². The largest absolute Gasteiger partial charge is 0.497 e. The van der Waals surface area contributed by atoms with E-state index in [1.165, 1.54) is 19.3 Å². The third kappa shape index (κ3) is 3.44. The molecule has 0 aromatic heterocycles. The van der Waals surface area contributed by atoms with Gasteiger partial charge in [-0.15, -0.1) is 0 Å². The highest BCUT2D eigenvalue weighted by molar-refractivity contribution is 6.01. The number of carbonyl (C=O) groups is 2. The van der Waals surface area contributed by atoms with Crippen LogP contribution in [-0.4, -0.2) is 32.1 Å². The summed E-state index contributed by atoms with van der Waals surface area (Å²) >= 11 is 0. The maximum absolute atomic E-state index is 13.8. The number of amides is 1. The smallest absolute Gasteiger partial charge is 0.326 e. The molecule has 0 saturated heterocycles. The van der Waals surface area contributed by atoms with Gasteiger partial charge in [-0.3, -0.25) is 9.59 Å². The van der Waals surface area contributed by atoms with Gasteiger partial charge in [0.05, 0.1) is 19.1 Å². The van der Waals surface area contributed by atoms with Crippen LogP contribution in [0.4, 0.5) is 5.69 Å². The summed E-state index contributed by atoms with van der Waals surface area (Å²) in [6.07, 6.45) is 6.79. The molecule has 4 aliphatic carbocycles. The minimum absolute atomic E-state index is 0.0270. The minimum atomic E-state index is -0.355. The molecule has 1 amide bonds. The van der Waals surface area contributed by atoms with Crippen molar-refractivity contribution in [3.63, 3.8) is 0 Å². The third-order valence-corrected chi connectivity index (χ3v) is 6.71. The third-order valence-electron chi connectivity index (χ3n) is 6.71. The number of esters is 1. The van der Waals surface area contributed by atoms with E-state index in [0.717, 1.165) is 30.7 Å². The van der Waals surface area contributed by atoms with Crippen LogP contribution in [0.15, 0.2) is 24.3 Å². The highest BCUT2D eigenvalue weighted by Crippen LogP contribution is 2.60. The lowest BCUT2D eigenvalue weighted by molar-refractivity contribution is -0.147. The van der Waals surface area contributed by atoms with Crippen LogP contribution >= 0.6 is 0 Å². The molecule has 146 valence electrons. The Labute approximate surface area is 161 Å². The Balaban J connectivity index is 1.62. The molecule has 5 heteroatoms. The van der Waals surface area contributed by atoms with Gasteiger partial charge >= 0.3 is 5.97 Å². The zero-order chi connectivity index (χ0) is 19.0. The molecule has 0 heterocycles. The first-order chi connectivity index (χ1) is 13.0. The second-order valence-electron chi connectivity index (χ2n) is 8.59. The predicted molar refractivity (Wildman–Crippen MR) is 103 cm³/mol. The highest BCUT2D eigenvalue weighted by Gasteiger charge is 2.55. The minimum Gasteiger partial charge on any atom is -0.497 e. The molecule has 1 aromatic carbocycles. The Bertz CT molecular complexity index is 676. The molecule has 0 unspecified atom stereocenters. The summed E-state index contributed by atoms with van der Waals surface area (Å²) in [5.41, 5.74) is 0.450. The van der Waals surface area contributed by atoms with Gasteiger partial charge in [0, 0.05) is 5.69 Å². The number of benzene rings is 1. The molecular formula is C22H29NO4. The number of carbonyl (C=O) groups excluding carboxylic acids is 2. The van der Waals surface area contributed by atoms with Crippen molar-refractivity contribution in [1.82, 2.24) is 0 Å². The first-order valence-corrected chi connectivity index (χ1v) is 10.1. The molecule has 5 rings (SSSR count). The summed E-state index contributed by atoms with van der Waals surface area (Å²) in [4.78, 5) is 27.7. The van der Waals surface area contributed by atoms with Gasteiger partial charge in [-0.05, 0) is 87.5 Å². The van der Waals surface area contributed by atoms with Crippen molar-refractivity contribution in [3.05, 3.63) is 24.3 Å². The fourth-order valence-corrected chi connectivity index (χ4v) is 6.04. The molecule has 4 saturated carbocycles. The molecule has 1 aromatic rings. The summed E-state index contributed by atoms with van der Waals surface area (Å²) < 4.78 is 10.4. The van der Waals surface area contributed by atoms with E-state index in [0.29, 0.717) is 24.4 Å². The van der Waals surface area contributed by atoms with E-state index in [1.807, 2.05) is 24.3 Å². The lowest BCUT2D eigenvalue weighted by Gasteiger charge is -2.56. The topological polar surface area (TPSA) is 55.8 Å². The van der Waals surface area contributed by atoms with E-state index in [4.69, 9.17) is 9.47 Å². The van der Waals surface area contributed by atoms with Crippen LogP contribution in [0.5, 0.6) is 5.75 Å². The molecule has 0 N–H and O–H groups in total. The van der Waals surface area contributed by atoms with Crippen molar-refractivity contribution >= 4 is 17.6 Å². The van der Waals surface area contributed by atoms with Crippen LogP contribution in [0.25, 0.3) is 0 Å². The first-order valence-electron chi connectivity index (χ1n) is 10.1. The molecule has 0 radical (unpaired) electrons. The van der Waals surface area contributed by atoms with Crippen molar-refractivity contribution in [2.24, 2.45) is 23.2 Å². The van der Waals surface area contributed by atoms with Crippen LogP contribution in [0.1, 0.15) is 45.4 Å². The van der Waals surface area contributed by atoms with Gasteiger partial charge in [-0.25, -0.2) is 0 Å². The number of rotatable bonds is 6. The lowest BCUT2D eigenvalue weighted by atomic mass is 9.49. The van der Waals surface area contributed by atoms with Gasteiger partial charge < -0.3 is 14.4 Å². The van der Waals surface area contributed by atoms with Crippen LogP contribution in [-0.2, 0) is 14.3 Å². The molecule has 0 spiro atoms. The quantitative estimate of drug-likeness (QED) is 0.714. The van der Waals surface area contributed by atoms with Gasteiger partial charge in [0.1, 0.15) is 12.3 Å². The molecule has 27 heavy (non-hydrogen) atoms. The molecule has 4 aliphatic rings. The maximum atomic E-state index is 13.8. The van der Waals surface area contributed by atoms with Gasteiger partial charge in [0.15, 0.2) is 0 Å². The zero-order valence-corrected chi connectivity index (χ0v) is 16.3. The zero-order valence-electron chi connectivity index (χ0n) is 16.3. The fourth-order valence-electron chi connectivity index (χ4n) is 6.04. The Morgan fingerprint density at radius 1 is 1.04 bits per heavy atom. The van der Waals surface area contributed by atoms with E-state index in [9.17, 15) is 9.59 Å². The van der Waals surface area contributed by atoms with E-state index >= 15 is 0 Å². The van der Waals surface area contributed by atoms with Crippen LogP contribution in [0, 0.1) is 23.2 Å². The van der Waals surface area contributed by atoms with Crippen molar-refractivity contribution in [2.75, 3.05) is 25.2 Å².